The minimum Gasteiger partial charge on any atom is -0.466 e. The van der Waals surface area contributed by atoms with Crippen LogP contribution in [0, 0.1) is 0 Å². The van der Waals surface area contributed by atoms with Gasteiger partial charge in [-0.25, -0.2) is 9.59 Å². The van der Waals surface area contributed by atoms with Gasteiger partial charge >= 0.3 is 11.4 Å². The van der Waals surface area contributed by atoms with E-state index < -0.39 is 17.5 Å². The fourth-order valence-corrected chi connectivity index (χ4v) is 1.17. The molecule has 0 aliphatic heterocycles. The van der Waals surface area contributed by atoms with Gasteiger partial charge in [0.05, 0.1) is 7.11 Å². The molecule has 0 fully saturated rings. The van der Waals surface area contributed by atoms with Crippen molar-refractivity contribution in [2.45, 2.75) is 6.10 Å². The zero-order valence-electron chi connectivity index (χ0n) is 7.98. The summed E-state index contributed by atoms with van der Waals surface area (Å²) in [6.45, 7) is 0. The first-order chi connectivity index (χ1) is 7.15. The second kappa shape index (κ2) is 5.36. The molecule has 0 N–H and O–H groups in total. The van der Waals surface area contributed by atoms with Crippen LogP contribution in [0.1, 0.15) is 11.7 Å². The third kappa shape index (κ3) is 3.25. The Kier molecular flexibility index (Phi) is 4.12. The summed E-state index contributed by atoms with van der Waals surface area (Å²) in [6, 6.07) is 8.49. The van der Waals surface area contributed by atoms with Crippen LogP contribution >= 0.6 is 11.6 Å². The largest absolute Gasteiger partial charge is 0.466 e. The topological polar surface area (TPSA) is 52.6 Å². The van der Waals surface area contributed by atoms with Gasteiger partial charge in [0, 0.05) is 17.2 Å². The summed E-state index contributed by atoms with van der Waals surface area (Å²) >= 11 is 5.05. The number of carbonyl (C=O) groups excluding carboxylic acids is 2. The minimum atomic E-state index is -1.11. The SMILES string of the molecule is COC(=O)C(OC(=O)Cl)c1ccccc1. The number of carbonyl (C=O) groups is 2. The zero-order chi connectivity index (χ0) is 11.3. The predicted octanol–water partition coefficient (Wildman–Crippen LogP) is 2.28. The molecule has 0 saturated heterocycles. The number of hydrogen-bond donors (Lipinski definition) is 0. The molecule has 4 nitrogen and oxygen atoms in total. The third-order valence-electron chi connectivity index (χ3n) is 1.73. The Morgan fingerprint density at radius 2 is 1.87 bits per heavy atom. The maximum absolute atomic E-state index is 11.3. The Bertz CT molecular complexity index is 350. The van der Waals surface area contributed by atoms with Crippen molar-refractivity contribution < 1.29 is 19.1 Å². The van der Waals surface area contributed by atoms with Gasteiger partial charge in [0.15, 0.2) is 0 Å². The fraction of sp³-hybridized carbons (Fsp3) is 0.200. The van der Waals surface area contributed by atoms with Gasteiger partial charge < -0.3 is 9.47 Å². The first kappa shape index (κ1) is 11.5. The Morgan fingerprint density at radius 3 is 2.33 bits per heavy atom. The first-order valence-electron chi connectivity index (χ1n) is 4.14. The van der Waals surface area contributed by atoms with Gasteiger partial charge in [-0.15, -0.1) is 0 Å². The van der Waals surface area contributed by atoms with Crippen LogP contribution in [0.3, 0.4) is 0 Å². The van der Waals surface area contributed by atoms with Crippen LogP contribution in [0.15, 0.2) is 30.3 Å². The summed E-state index contributed by atoms with van der Waals surface area (Å²) in [7, 11) is 1.21. The van der Waals surface area contributed by atoms with Crippen molar-refractivity contribution in [3.8, 4) is 0 Å². The van der Waals surface area contributed by atoms with E-state index in [2.05, 4.69) is 9.47 Å². The quantitative estimate of drug-likeness (QED) is 0.588. The maximum Gasteiger partial charge on any atom is 0.404 e. The molecule has 0 spiro atoms. The molecule has 80 valence electrons. The number of methoxy groups -OCH3 is 1. The highest BCUT2D eigenvalue weighted by atomic mass is 35.5. The van der Waals surface area contributed by atoms with Gasteiger partial charge in [-0.1, -0.05) is 30.3 Å². The van der Waals surface area contributed by atoms with Crippen molar-refractivity contribution >= 4 is 23.0 Å². The molecule has 1 unspecified atom stereocenters. The highest BCUT2D eigenvalue weighted by Gasteiger charge is 2.24. The van der Waals surface area contributed by atoms with Crippen molar-refractivity contribution in [3.63, 3.8) is 0 Å². The Hall–Kier alpha value is -1.55. The lowest BCUT2D eigenvalue weighted by molar-refractivity contribution is -0.150. The standard InChI is InChI=1S/C10H9ClO4/c1-14-9(12)8(15-10(11)13)7-5-3-2-4-6-7/h2-6,8H,1H3. The van der Waals surface area contributed by atoms with Crippen LogP contribution in [0.5, 0.6) is 0 Å². The average Bonchev–Trinajstić information content (AvgIpc) is 2.26. The molecule has 1 rings (SSSR count). The van der Waals surface area contributed by atoms with E-state index in [1.165, 1.54) is 7.11 Å². The second-order valence-electron chi connectivity index (χ2n) is 2.67. The molecular weight excluding hydrogens is 220 g/mol. The fourth-order valence-electron chi connectivity index (χ4n) is 1.08. The Balaban J connectivity index is 2.91. The lowest BCUT2D eigenvalue weighted by atomic mass is 10.1. The molecule has 1 atom stereocenters. The van der Waals surface area contributed by atoms with E-state index in [9.17, 15) is 9.59 Å². The predicted molar refractivity (Wildman–Crippen MR) is 53.5 cm³/mol. The molecule has 0 amide bonds. The molecule has 0 saturated carbocycles. The lowest BCUT2D eigenvalue weighted by Crippen LogP contribution is -2.18. The average molecular weight is 229 g/mol. The van der Waals surface area contributed by atoms with E-state index in [1.807, 2.05) is 0 Å². The van der Waals surface area contributed by atoms with E-state index in [0.29, 0.717) is 5.56 Å². The molecule has 0 heterocycles. The van der Waals surface area contributed by atoms with Crippen molar-refractivity contribution in [1.29, 1.82) is 0 Å². The molecule has 0 aromatic heterocycles. The number of ether oxygens (including phenoxy) is 2. The molecule has 0 aliphatic rings. The van der Waals surface area contributed by atoms with Gasteiger partial charge in [0.1, 0.15) is 0 Å². The van der Waals surface area contributed by atoms with E-state index in [0.717, 1.165) is 0 Å². The van der Waals surface area contributed by atoms with Crippen molar-refractivity contribution in [1.82, 2.24) is 0 Å². The summed E-state index contributed by atoms with van der Waals surface area (Å²) in [5, 5.41) is 0. The van der Waals surface area contributed by atoms with Gasteiger partial charge in [-0.2, -0.15) is 0 Å². The highest BCUT2D eigenvalue weighted by Crippen LogP contribution is 2.19. The number of esters is 1. The van der Waals surface area contributed by atoms with E-state index in [4.69, 9.17) is 11.6 Å². The van der Waals surface area contributed by atoms with Crippen LogP contribution in [-0.2, 0) is 14.3 Å². The van der Waals surface area contributed by atoms with Crippen LogP contribution in [0.25, 0.3) is 0 Å². The van der Waals surface area contributed by atoms with E-state index >= 15 is 0 Å². The smallest absolute Gasteiger partial charge is 0.404 e. The normalized spacial score (nSPS) is 11.6. The molecule has 5 heteroatoms. The molecule has 1 aromatic rings. The molecule has 1 aromatic carbocycles. The molecule has 0 aliphatic carbocycles. The first-order valence-corrected chi connectivity index (χ1v) is 4.52. The number of rotatable bonds is 3. The van der Waals surface area contributed by atoms with Gasteiger partial charge in [-0.3, -0.25) is 0 Å². The highest BCUT2D eigenvalue weighted by molar-refractivity contribution is 6.61. The van der Waals surface area contributed by atoms with Crippen LogP contribution in [-0.4, -0.2) is 18.5 Å². The summed E-state index contributed by atoms with van der Waals surface area (Å²) in [5.41, 5.74) is -0.535. The lowest BCUT2D eigenvalue weighted by Gasteiger charge is -2.13. The summed E-state index contributed by atoms with van der Waals surface area (Å²) < 4.78 is 9.13. The maximum atomic E-state index is 11.3. The third-order valence-corrected chi connectivity index (χ3v) is 1.82. The second-order valence-corrected chi connectivity index (χ2v) is 2.98. The van der Waals surface area contributed by atoms with Crippen LogP contribution < -0.4 is 0 Å². The molecule has 15 heavy (non-hydrogen) atoms. The zero-order valence-corrected chi connectivity index (χ0v) is 8.73. The molecule has 0 bridgehead atoms. The molecule has 0 radical (unpaired) electrons. The van der Waals surface area contributed by atoms with Gasteiger partial charge in [0.25, 0.3) is 0 Å². The Morgan fingerprint density at radius 1 is 1.27 bits per heavy atom. The van der Waals surface area contributed by atoms with Crippen molar-refractivity contribution in [2.75, 3.05) is 7.11 Å². The number of benzene rings is 1. The van der Waals surface area contributed by atoms with E-state index in [-0.39, 0.29) is 0 Å². The summed E-state index contributed by atoms with van der Waals surface area (Å²) in [6.07, 6.45) is -1.11. The monoisotopic (exact) mass is 228 g/mol. The number of hydrogen-bond acceptors (Lipinski definition) is 4. The number of halogens is 1. The van der Waals surface area contributed by atoms with Crippen molar-refractivity contribution in [2.24, 2.45) is 0 Å². The van der Waals surface area contributed by atoms with Crippen molar-refractivity contribution in [3.05, 3.63) is 35.9 Å². The minimum absolute atomic E-state index is 0.512. The summed E-state index contributed by atoms with van der Waals surface area (Å²) in [5.74, 6) is -0.671. The van der Waals surface area contributed by atoms with Crippen LogP contribution in [0.4, 0.5) is 4.79 Å². The molecular formula is C10H9ClO4. The van der Waals surface area contributed by atoms with Gasteiger partial charge in [-0.05, 0) is 0 Å². The van der Waals surface area contributed by atoms with Gasteiger partial charge in [0.2, 0.25) is 6.10 Å². The van der Waals surface area contributed by atoms with E-state index in [1.54, 1.807) is 30.3 Å². The summed E-state index contributed by atoms with van der Waals surface area (Å²) in [4.78, 5) is 21.9. The van der Waals surface area contributed by atoms with Crippen LogP contribution in [0.2, 0.25) is 0 Å². The Labute approximate surface area is 91.7 Å².